The molecule has 1 aliphatic heterocycles. The Balaban J connectivity index is 2.37. The third-order valence-electron chi connectivity index (χ3n) is 3.39. The van der Waals surface area contributed by atoms with E-state index < -0.39 is 11.8 Å². The maximum absolute atomic E-state index is 11.8. The minimum absolute atomic E-state index is 0.354. The Bertz CT molecular complexity index is 271. The van der Waals surface area contributed by atoms with Crippen LogP contribution in [0, 0.1) is 11.8 Å². The van der Waals surface area contributed by atoms with E-state index in [1.807, 2.05) is 0 Å². The van der Waals surface area contributed by atoms with Crippen LogP contribution in [-0.4, -0.2) is 42.9 Å². The molecule has 1 rings (SSSR count). The summed E-state index contributed by atoms with van der Waals surface area (Å²) >= 11 is 0. The zero-order valence-electron chi connectivity index (χ0n) is 10.7. The monoisotopic (exact) mass is 241 g/mol. The van der Waals surface area contributed by atoms with Crippen LogP contribution in [0.5, 0.6) is 0 Å². The number of rotatable bonds is 3. The van der Waals surface area contributed by atoms with Gasteiger partial charge in [-0.05, 0) is 24.7 Å². The molecular weight excluding hydrogens is 218 g/mol. The predicted octanol–water partition coefficient (Wildman–Crippen LogP) is -0.0441. The van der Waals surface area contributed by atoms with E-state index in [1.165, 1.54) is 0 Å². The largest absolute Gasteiger partial charge is 0.347 e. The molecule has 0 radical (unpaired) electrons. The van der Waals surface area contributed by atoms with Crippen molar-refractivity contribution < 1.29 is 9.59 Å². The fourth-order valence-corrected chi connectivity index (χ4v) is 2.17. The van der Waals surface area contributed by atoms with E-state index in [0.717, 1.165) is 12.8 Å². The topological polar surface area (TPSA) is 75.4 Å². The van der Waals surface area contributed by atoms with Crippen LogP contribution in [-0.2, 0) is 9.59 Å². The first-order valence-electron chi connectivity index (χ1n) is 6.33. The Morgan fingerprint density at radius 2 is 1.94 bits per heavy atom. The average molecular weight is 241 g/mol. The summed E-state index contributed by atoms with van der Waals surface area (Å²) in [7, 11) is 0. The Hall–Kier alpha value is -1.10. The Labute approximate surface area is 103 Å². The first kappa shape index (κ1) is 14.0. The van der Waals surface area contributed by atoms with Crippen LogP contribution in [0.4, 0.5) is 0 Å². The van der Waals surface area contributed by atoms with Crippen molar-refractivity contribution >= 4 is 11.8 Å². The molecule has 0 unspecified atom stereocenters. The normalized spacial score (nSPS) is 17.3. The molecule has 1 aliphatic rings. The zero-order valence-corrected chi connectivity index (χ0v) is 10.7. The van der Waals surface area contributed by atoms with E-state index in [0.29, 0.717) is 38.0 Å². The highest BCUT2D eigenvalue weighted by Crippen LogP contribution is 2.24. The van der Waals surface area contributed by atoms with Crippen LogP contribution in [0.1, 0.15) is 26.7 Å². The molecule has 2 amide bonds. The molecule has 0 bridgehead atoms. The molecule has 0 atom stereocenters. The number of hydrogen-bond acceptors (Lipinski definition) is 3. The Morgan fingerprint density at radius 1 is 1.35 bits per heavy atom. The number of piperidine rings is 1. The van der Waals surface area contributed by atoms with Gasteiger partial charge in [-0.3, -0.25) is 9.59 Å². The highest BCUT2D eigenvalue weighted by Gasteiger charge is 2.27. The SMILES string of the molecule is CC(C)C1CCN(C(=O)C(=O)NCCN)CC1. The van der Waals surface area contributed by atoms with Crippen molar-refractivity contribution in [2.24, 2.45) is 17.6 Å². The average Bonchev–Trinajstić information content (AvgIpc) is 2.35. The summed E-state index contributed by atoms with van der Waals surface area (Å²) < 4.78 is 0. The fraction of sp³-hybridized carbons (Fsp3) is 0.833. The molecule has 0 aromatic carbocycles. The molecule has 1 heterocycles. The molecule has 0 spiro atoms. The predicted molar refractivity (Wildman–Crippen MR) is 66.2 cm³/mol. The molecule has 0 aromatic rings. The maximum atomic E-state index is 11.8. The molecule has 3 N–H and O–H groups in total. The van der Waals surface area contributed by atoms with Gasteiger partial charge in [-0.15, -0.1) is 0 Å². The van der Waals surface area contributed by atoms with Gasteiger partial charge >= 0.3 is 11.8 Å². The number of carbonyl (C=O) groups excluding carboxylic acids is 2. The first-order valence-corrected chi connectivity index (χ1v) is 6.33. The minimum Gasteiger partial charge on any atom is -0.347 e. The van der Waals surface area contributed by atoms with Gasteiger partial charge in [0, 0.05) is 26.2 Å². The summed E-state index contributed by atoms with van der Waals surface area (Å²) in [5.41, 5.74) is 5.27. The second-order valence-corrected chi connectivity index (χ2v) is 4.92. The highest BCUT2D eigenvalue weighted by molar-refractivity contribution is 6.35. The van der Waals surface area contributed by atoms with Gasteiger partial charge in [0.2, 0.25) is 0 Å². The van der Waals surface area contributed by atoms with E-state index >= 15 is 0 Å². The number of nitrogens with one attached hydrogen (secondary N) is 1. The molecule has 5 heteroatoms. The smallest absolute Gasteiger partial charge is 0.311 e. The van der Waals surface area contributed by atoms with Gasteiger partial charge < -0.3 is 16.0 Å². The van der Waals surface area contributed by atoms with E-state index in [9.17, 15) is 9.59 Å². The molecule has 0 aliphatic carbocycles. The van der Waals surface area contributed by atoms with E-state index in [-0.39, 0.29) is 0 Å². The van der Waals surface area contributed by atoms with Gasteiger partial charge in [0.1, 0.15) is 0 Å². The van der Waals surface area contributed by atoms with Crippen LogP contribution in [0.25, 0.3) is 0 Å². The number of likely N-dealkylation sites (tertiary alicyclic amines) is 1. The molecular formula is C12H23N3O2. The van der Waals surface area contributed by atoms with Crippen molar-refractivity contribution in [1.29, 1.82) is 0 Å². The van der Waals surface area contributed by atoms with Crippen molar-refractivity contribution in [3.05, 3.63) is 0 Å². The van der Waals surface area contributed by atoms with Crippen molar-refractivity contribution in [3.8, 4) is 0 Å². The van der Waals surface area contributed by atoms with Crippen LogP contribution in [0.3, 0.4) is 0 Å². The van der Waals surface area contributed by atoms with E-state index in [2.05, 4.69) is 19.2 Å². The van der Waals surface area contributed by atoms with E-state index in [1.54, 1.807) is 4.90 Å². The van der Waals surface area contributed by atoms with Crippen molar-refractivity contribution in [2.75, 3.05) is 26.2 Å². The molecule has 17 heavy (non-hydrogen) atoms. The standard InChI is InChI=1S/C12H23N3O2/c1-9(2)10-3-7-15(8-4-10)12(17)11(16)14-6-5-13/h9-10H,3-8,13H2,1-2H3,(H,14,16). The summed E-state index contributed by atoms with van der Waals surface area (Å²) in [4.78, 5) is 24.9. The van der Waals surface area contributed by atoms with Crippen LogP contribution < -0.4 is 11.1 Å². The third-order valence-corrected chi connectivity index (χ3v) is 3.39. The molecule has 1 fully saturated rings. The summed E-state index contributed by atoms with van der Waals surface area (Å²) in [5.74, 6) is 0.378. The summed E-state index contributed by atoms with van der Waals surface area (Å²) in [6.45, 7) is 6.50. The Kier molecular flexibility index (Phi) is 5.41. The molecule has 0 aromatic heterocycles. The van der Waals surface area contributed by atoms with Gasteiger partial charge in [0.25, 0.3) is 0 Å². The Morgan fingerprint density at radius 3 is 2.41 bits per heavy atom. The molecule has 5 nitrogen and oxygen atoms in total. The number of hydrogen-bond donors (Lipinski definition) is 2. The lowest BCUT2D eigenvalue weighted by molar-refractivity contribution is -0.146. The second-order valence-electron chi connectivity index (χ2n) is 4.92. The lowest BCUT2D eigenvalue weighted by Gasteiger charge is -2.33. The van der Waals surface area contributed by atoms with Crippen LogP contribution in [0.2, 0.25) is 0 Å². The summed E-state index contributed by atoms with van der Waals surface area (Å²) in [6.07, 6.45) is 1.99. The van der Waals surface area contributed by atoms with Crippen molar-refractivity contribution in [2.45, 2.75) is 26.7 Å². The molecule has 98 valence electrons. The van der Waals surface area contributed by atoms with Crippen molar-refractivity contribution in [1.82, 2.24) is 10.2 Å². The van der Waals surface area contributed by atoms with Crippen LogP contribution in [0.15, 0.2) is 0 Å². The molecule has 0 saturated carbocycles. The number of nitrogens with two attached hydrogens (primary N) is 1. The number of carbonyl (C=O) groups is 2. The first-order chi connectivity index (χ1) is 8.06. The van der Waals surface area contributed by atoms with Gasteiger partial charge in [-0.25, -0.2) is 0 Å². The van der Waals surface area contributed by atoms with E-state index in [4.69, 9.17) is 5.73 Å². The second kappa shape index (κ2) is 6.59. The van der Waals surface area contributed by atoms with Gasteiger partial charge in [0.15, 0.2) is 0 Å². The van der Waals surface area contributed by atoms with Crippen molar-refractivity contribution in [3.63, 3.8) is 0 Å². The third kappa shape index (κ3) is 4.00. The van der Waals surface area contributed by atoms with Crippen LogP contribution >= 0.6 is 0 Å². The van der Waals surface area contributed by atoms with Gasteiger partial charge in [0.05, 0.1) is 0 Å². The quantitative estimate of drug-likeness (QED) is 0.681. The van der Waals surface area contributed by atoms with Gasteiger partial charge in [-0.1, -0.05) is 13.8 Å². The maximum Gasteiger partial charge on any atom is 0.311 e. The summed E-state index contributed by atoms with van der Waals surface area (Å²) in [6, 6.07) is 0. The summed E-state index contributed by atoms with van der Waals surface area (Å²) in [5, 5.41) is 2.51. The van der Waals surface area contributed by atoms with Gasteiger partial charge in [-0.2, -0.15) is 0 Å². The number of nitrogens with zero attached hydrogens (tertiary/aromatic N) is 1. The lowest BCUT2D eigenvalue weighted by atomic mass is 9.87. The highest BCUT2D eigenvalue weighted by atomic mass is 16.2. The minimum atomic E-state index is -0.529. The zero-order chi connectivity index (χ0) is 12.8. The lowest BCUT2D eigenvalue weighted by Crippen LogP contribution is -2.47. The molecule has 1 saturated heterocycles. The fourth-order valence-electron chi connectivity index (χ4n) is 2.17. The number of amides is 2.